The Balaban J connectivity index is 2.19. The average Bonchev–Trinajstić information content (AvgIpc) is 2.70. The first-order valence-corrected chi connectivity index (χ1v) is 5.76. The number of rotatable bonds is 3. The van der Waals surface area contributed by atoms with Gasteiger partial charge >= 0.3 is 7.12 Å². The standard InChI is InChI=1S/C11H12BClN2O3/c1-11(15,5-14)6-17-7-2-9-8(10(13)3-7)4-18-12(9)16/h2-3,16H,4,6,15H2,1H3/t11-/m1/s1. The van der Waals surface area contributed by atoms with E-state index in [1.165, 1.54) is 0 Å². The van der Waals surface area contributed by atoms with Gasteiger partial charge in [-0.25, -0.2) is 0 Å². The Morgan fingerprint density at radius 1 is 1.72 bits per heavy atom. The third-order valence-electron chi connectivity index (χ3n) is 2.65. The fourth-order valence-corrected chi connectivity index (χ4v) is 1.88. The summed E-state index contributed by atoms with van der Waals surface area (Å²) in [4.78, 5) is 0. The molecule has 1 atom stereocenters. The second-order valence-corrected chi connectivity index (χ2v) is 4.86. The Labute approximate surface area is 110 Å². The van der Waals surface area contributed by atoms with E-state index in [-0.39, 0.29) is 13.2 Å². The van der Waals surface area contributed by atoms with Crippen LogP contribution in [0.15, 0.2) is 12.1 Å². The lowest BCUT2D eigenvalue weighted by atomic mass is 9.79. The lowest BCUT2D eigenvalue weighted by Crippen LogP contribution is -2.40. The smallest absolute Gasteiger partial charge is 0.491 e. The SMILES string of the molecule is C[C@@](N)(C#N)COc1cc(Cl)c2c(c1)B(O)OC2. The number of ether oxygens (including phenoxy) is 1. The van der Waals surface area contributed by atoms with Crippen LogP contribution in [0.5, 0.6) is 5.75 Å². The summed E-state index contributed by atoms with van der Waals surface area (Å²) in [5.74, 6) is 0.454. The lowest BCUT2D eigenvalue weighted by Gasteiger charge is -2.17. The normalized spacial score (nSPS) is 16.9. The maximum Gasteiger partial charge on any atom is 0.491 e. The van der Waals surface area contributed by atoms with Crippen molar-refractivity contribution in [3.8, 4) is 11.8 Å². The zero-order valence-electron chi connectivity index (χ0n) is 9.81. The van der Waals surface area contributed by atoms with Gasteiger partial charge in [-0.3, -0.25) is 0 Å². The molecule has 1 aromatic carbocycles. The Kier molecular flexibility index (Phi) is 3.50. The summed E-state index contributed by atoms with van der Waals surface area (Å²) in [6.07, 6.45) is 0. The summed E-state index contributed by atoms with van der Waals surface area (Å²) in [6.45, 7) is 1.89. The number of benzene rings is 1. The minimum absolute atomic E-state index is 0.0373. The van der Waals surface area contributed by atoms with E-state index in [0.29, 0.717) is 16.2 Å². The number of nitrogens with zero attached hydrogens (tertiary/aromatic N) is 1. The monoisotopic (exact) mass is 266 g/mol. The molecule has 0 fully saturated rings. The van der Waals surface area contributed by atoms with E-state index in [2.05, 4.69) is 0 Å². The molecule has 5 nitrogen and oxygen atoms in total. The molecule has 0 saturated heterocycles. The van der Waals surface area contributed by atoms with Gasteiger partial charge in [-0.1, -0.05) is 11.6 Å². The maximum atomic E-state index is 9.59. The highest BCUT2D eigenvalue weighted by Crippen LogP contribution is 2.25. The van der Waals surface area contributed by atoms with Gasteiger partial charge in [0.15, 0.2) is 0 Å². The molecular weight excluding hydrogens is 254 g/mol. The van der Waals surface area contributed by atoms with Crippen LogP contribution in [-0.4, -0.2) is 24.3 Å². The van der Waals surface area contributed by atoms with Crippen molar-refractivity contribution in [1.82, 2.24) is 0 Å². The van der Waals surface area contributed by atoms with Crippen molar-refractivity contribution in [2.75, 3.05) is 6.61 Å². The molecule has 1 aliphatic rings. The molecule has 2 rings (SSSR count). The summed E-state index contributed by atoms with van der Waals surface area (Å²) >= 11 is 6.06. The summed E-state index contributed by atoms with van der Waals surface area (Å²) in [5, 5.41) is 18.8. The minimum Gasteiger partial charge on any atom is -0.491 e. The second kappa shape index (κ2) is 4.79. The van der Waals surface area contributed by atoms with Crippen LogP contribution in [0.3, 0.4) is 0 Å². The zero-order valence-corrected chi connectivity index (χ0v) is 10.6. The van der Waals surface area contributed by atoms with Gasteiger partial charge in [0.05, 0.1) is 12.7 Å². The molecule has 0 spiro atoms. The van der Waals surface area contributed by atoms with Crippen LogP contribution < -0.4 is 15.9 Å². The third kappa shape index (κ3) is 2.60. The van der Waals surface area contributed by atoms with E-state index in [1.54, 1.807) is 19.1 Å². The molecule has 1 heterocycles. The number of halogens is 1. The van der Waals surface area contributed by atoms with Crippen LogP contribution in [0.2, 0.25) is 5.02 Å². The van der Waals surface area contributed by atoms with E-state index >= 15 is 0 Å². The first-order valence-electron chi connectivity index (χ1n) is 5.38. The van der Waals surface area contributed by atoms with Crippen LogP contribution in [0, 0.1) is 11.3 Å². The molecule has 1 aromatic rings. The molecule has 0 bridgehead atoms. The lowest BCUT2D eigenvalue weighted by molar-refractivity contribution is 0.265. The summed E-state index contributed by atoms with van der Waals surface area (Å²) in [7, 11) is -0.985. The van der Waals surface area contributed by atoms with Gasteiger partial charge in [-0.05, 0) is 30.1 Å². The molecule has 0 unspecified atom stereocenters. The van der Waals surface area contributed by atoms with Crippen molar-refractivity contribution in [2.24, 2.45) is 5.73 Å². The fourth-order valence-electron chi connectivity index (χ4n) is 1.61. The van der Waals surface area contributed by atoms with Crippen molar-refractivity contribution < 1.29 is 14.4 Å². The highest BCUT2D eigenvalue weighted by Gasteiger charge is 2.30. The minimum atomic E-state index is -1.07. The van der Waals surface area contributed by atoms with Gasteiger partial charge in [0.25, 0.3) is 0 Å². The van der Waals surface area contributed by atoms with E-state index < -0.39 is 12.7 Å². The fraction of sp³-hybridized carbons (Fsp3) is 0.364. The van der Waals surface area contributed by atoms with Crippen molar-refractivity contribution in [2.45, 2.75) is 19.1 Å². The van der Waals surface area contributed by atoms with Crippen LogP contribution in [-0.2, 0) is 11.3 Å². The number of nitriles is 1. The number of hydrogen-bond acceptors (Lipinski definition) is 5. The van der Waals surface area contributed by atoms with Crippen molar-refractivity contribution >= 4 is 24.2 Å². The second-order valence-electron chi connectivity index (χ2n) is 4.45. The summed E-state index contributed by atoms with van der Waals surface area (Å²) < 4.78 is 10.5. The Morgan fingerprint density at radius 2 is 2.44 bits per heavy atom. The topological polar surface area (TPSA) is 88.5 Å². The predicted molar refractivity (Wildman–Crippen MR) is 67.5 cm³/mol. The van der Waals surface area contributed by atoms with E-state index in [0.717, 1.165) is 5.56 Å². The van der Waals surface area contributed by atoms with E-state index in [4.69, 9.17) is 32.0 Å². The quantitative estimate of drug-likeness (QED) is 0.762. The molecule has 3 N–H and O–H groups in total. The molecule has 0 saturated carbocycles. The Morgan fingerprint density at radius 3 is 3.11 bits per heavy atom. The van der Waals surface area contributed by atoms with Gasteiger partial charge in [-0.2, -0.15) is 5.26 Å². The molecule has 0 aromatic heterocycles. The van der Waals surface area contributed by atoms with Crippen LogP contribution >= 0.6 is 11.6 Å². The van der Waals surface area contributed by atoms with Gasteiger partial charge in [0.1, 0.15) is 17.9 Å². The molecular formula is C11H12BClN2O3. The number of nitrogens with two attached hydrogens (primary N) is 1. The highest BCUT2D eigenvalue weighted by atomic mass is 35.5. The van der Waals surface area contributed by atoms with E-state index in [1.807, 2.05) is 6.07 Å². The molecule has 94 valence electrons. The molecule has 1 aliphatic heterocycles. The number of hydrogen-bond donors (Lipinski definition) is 2. The first-order chi connectivity index (χ1) is 8.43. The van der Waals surface area contributed by atoms with Crippen molar-refractivity contribution in [3.05, 3.63) is 22.7 Å². The van der Waals surface area contributed by atoms with Gasteiger partial charge in [0.2, 0.25) is 0 Å². The molecule has 0 radical (unpaired) electrons. The summed E-state index contributed by atoms with van der Waals surface area (Å²) in [6, 6.07) is 5.20. The van der Waals surface area contributed by atoms with Gasteiger partial charge < -0.3 is 20.1 Å². The Bertz CT molecular complexity index is 516. The number of fused-ring (bicyclic) bond motifs is 1. The van der Waals surface area contributed by atoms with Crippen LogP contribution in [0.1, 0.15) is 12.5 Å². The first kappa shape index (κ1) is 13.2. The molecule has 7 heteroatoms. The Hall–Kier alpha value is -1.26. The predicted octanol–water partition coefficient (Wildman–Crippen LogP) is 0.177. The zero-order chi connectivity index (χ0) is 13.3. The van der Waals surface area contributed by atoms with Gasteiger partial charge in [0, 0.05) is 5.02 Å². The van der Waals surface area contributed by atoms with Gasteiger partial charge in [-0.15, -0.1) is 0 Å². The maximum absolute atomic E-state index is 9.59. The van der Waals surface area contributed by atoms with Crippen LogP contribution in [0.4, 0.5) is 0 Å². The van der Waals surface area contributed by atoms with Crippen LogP contribution in [0.25, 0.3) is 0 Å². The molecule has 18 heavy (non-hydrogen) atoms. The van der Waals surface area contributed by atoms with Crippen molar-refractivity contribution in [1.29, 1.82) is 5.26 Å². The molecule has 0 amide bonds. The van der Waals surface area contributed by atoms with Crippen molar-refractivity contribution in [3.63, 3.8) is 0 Å². The average molecular weight is 266 g/mol. The summed E-state index contributed by atoms with van der Waals surface area (Å²) in [5.41, 5.74) is 5.93. The largest absolute Gasteiger partial charge is 0.491 e. The third-order valence-corrected chi connectivity index (χ3v) is 2.99. The van der Waals surface area contributed by atoms with E-state index in [9.17, 15) is 5.02 Å². The highest BCUT2D eigenvalue weighted by molar-refractivity contribution is 6.62. The molecule has 0 aliphatic carbocycles.